The van der Waals surface area contributed by atoms with Gasteiger partial charge in [0, 0.05) is 37.0 Å². The van der Waals surface area contributed by atoms with Gasteiger partial charge < -0.3 is 14.6 Å². The van der Waals surface area contributed by atoms with Gasteiger partial charge in [0.25, 0.3) is 5.91 Å². The summed E-state index contributed by atoms with van der Waals surface area (Å²) in [7, 11) is 0. The van der Waals surface area contributed by atoms with Crippen LogP contribution in [0.4, 0.5) is 4.39 Å². The van der Waals surface area contributed by atoms with E-state index in [1.807, 2.05) is 6.92 Å². The van der Waals surface area contributed by atoms with Crippen LogP contribution in [0.15, 0.2) is 30.5 Å². The number of imidazole rings is 1. The number of amides is 1. The smallest absolute Gasteiger partial charge is 0.260 e. The number of nitrogens with zero attached hydrogens (tertiary/aromatic N) is 2. The molecule has 1 aromatic carbocycles. The minimum Gasteiger partial charge on any atom is -0.484 e. The molecule has 1 unspecified atom stereocenters. The first-order valence-electron chi connectivity index (χ1n) is 7.29. The first kappa shape index (κ1) is 14.6. The van der Waals surface area contributed by atoms with Gasteiger partial charge in [-0.2, -0.15) is 0 Å². The van der Waals surface area contributed by atoms with Gasteiger partial charge in [-0.25, -0.2) is 9.37 Å². The fraction of sp³-hybridized carbons (Fsp3) is 0.375. The summed E-state index contributed by atoms with van der Waals surface area (Å²) in [6.07, 6.45) is 2.69. The van der Waals surface area contributed by atoms with Crippen LogP contribution in [0.3, 0.4) is 0 Å². The third kappa shape index (κ3) is 3.27. The van der Waals surface area contributed by atoms with Crippen LogP contribution in [0, 0.1) is 12.7 Å². The van der Waals surface area contributed by atoms with Crippen molar-refractivity contribution < 1.29 is 13.9 Å². The number of nitrogens with one attached hydrogen (secondary N) is 1. The largest absolute Gasteiger partial charge is 0.484 e. The summed E-state index contributed by atoms with van der Waals surface area (Å²) in [5, 5.41) is 0. The number of H-pyrrole nitrogens is 1. The molecule has 1 aromatic heterocycles. The number of carbonyl (C=O) groups excluding carboxylic acids is 1. The monoisotopic (exact) mass is 303 g/mol. The van der Waals surface area contributed by atoms with E-state index < -0.39 is 0 Å². The van der Waals surface area contributed by atoms with Crippen LogP contribution in [0.25, 0.3) is 0 Å². The molecule has 0 bridgehead atoms. The second kappa shape index (κ2) is 6.17. The SMILES string of the molecule is Cc1cnc(C2CCN(C(=O)COc3cccc(F)c3)C2)[nH]1. The molecule has 1 fully saturated rings. The number of hydrogen-bond acceptors (Lipinski definition) is 3. The van der Waals surface area contributed by atoms with Crippen molar-refractivity contribution in [3.05, 3.63) is 47.8 Å². The zero-order chi connectivity index (χ0) is 15.5. The Hall–Kier alpha value is -2.37. The Labute approximate surface area is 128 Å². The Morgan fingerprint density at radius 2 is 2.41 bits per heavy atom. The minimum atomic E-state index is -0.376. The van der Waals surface area contributed by atoms with Gasteiger partial charge >= 0.3 is 0 Å². The number of rotatable bonds is 4. The molecule has 1 aliphatic heterocycles. The molecule has 0 radical (unpaired) electrons. The van der Waals surface area contributed by atoms with Gasteiger partial charge in [-0.05, 0) is 25.5 Å². The second-order valence-corrected chi connectivity index (χ2v) is 5.52. The summed E-state index contributed by atoms with van der Waals surface area (Å²) < 4.78 is 18.4. The van der Waals surface area contributed by atoms with Gasteiger partial charge in [-0.1, -0.05) is 6.07 Å². The Morgan fingerprint density at radius 3 is 3.14 bits per heavy atom. The Balaban J connectivity index is 1.53. The predicted octanol–water partition coefficient (Wildman–Crippen LogP) is 2.25. The molecule has 1 atom stereocenters. The third-order valence-electron chi connectivity index (χ3n) is 3.81. The highest BCUT2D eigenvalue weighted by Crippen LogP contribution is 2.25. The maximum Gasteiger partial charge on any atom is 0.260 e. The molecule has 6 heteroatoms. The summed E-state index contributed by atoms with van der Waals surface area (Å²) in [6, 6.07) is 5.80. The van der Waals surface area contributed by atoms with Gasteiger partial charge in [0.2, 0.25) is 0 Å². The highest BCUT2D eigenvalue weighted by molar-refractivity contribution is 5.78. The Morgan fingerprint density at radius 1 is 1.55 bits per heavy atom. The van der Waals surface area contributed by atoms with Crippen molar-refractivity contribution in [2.75, 3.05) is 19.7 Å². The van der Waals surface area contributed by atoms with Crippen molar-refractivity contribution >= 4 is 5.91 Å². The maximum atomic E-state index is 13.0. The van der Waals surface area contributed by atoms with E-state index in [2.05, 4.69) is 9.97 Å². The van der Waals surface area contributed by atoms with E-state index in [-0.39, 0.29) is 24.2 Å². The molecule has 3 rings (SSSR count). The van der Waals surface area contributed by atoms with Crippen LogP contribution in [-0.4, -0.2) is 40.5 Å². The molecular weight excluding hydrogens is 285 g/mol. The van der Waals surface area contributed by atoms with Gasteiger partial charge in [0.05, 0.1) is 0 Å². The quantitative estimate of drug-likeness (QED) is 0.942. The molecule has 1 aliphatic rings. The predicted molar refractivity (Wildman–Crippen MR) is 79.2 cm³/mol. The molecule has 116 valence electrons. The first-order valence-corrected chi connectivity index (χ1v) is 7.29. The number of likely N-dealkylation sites (tertiary alicyclic amines) is 1. The average Bonchev–Trinajstić information content (AvgIpc) is 3.13. The number of carbonyl (C=O) groups is 1. The molecule has 0 saturated carbocycles. The number of halogens is 1. The van der Waals surface area contributed by atoms with E-state index in [1.165, 1.54) is 12.1 Å². The van der Waals surface area contributed by atoms with Crippen molar-refractivity contribution in [2.24, 2.45) is 0 Å². The number of aryl methyl sites for hydroxylation is 1. The zero-order valence-electron chi connectivity index (χ0n) is 12.4. The van der Waals surface area contributed by atoms with E-state index in [0.29, 0.717) is 18.8 Å². The molecule has 1 N–H and O–H groups in total. The van der Waals surface area contributed by atoms with Crippen molar-refractivity contribution in [2.45, 2.75) is 19.3 Å². The lowest BCUT2D eigenvalue weighted by atomic mass is 10.1. The van der Waals surface area contributed by atoms with Gasteiger partial charge in [0.1, 0.15) is 17.4 Å². The number of ether oxygens (including phenoxy) is 1. The Bertz CT molecular complexity index is 671. The second-order valence-electron chi connectivity index (χ2n) is 5.52. The third-order valence-corrected chi connectivity index (χ3v) is 3.81. The van der Waals surface area contributed by atoms with Crippen LogP contribution in [0.1, 0.15) is 23.9 Å². The van der Waals surface area contributed by atoms with Crippen LogP contribution in [0.5, 0.6) is 5.75 Å². The lowest BCUT2D eigenvalue weighted by molar-refractivity contribution is -0.132. The van der Waals surface area contributed by atoms with Crippen molar-refractivity contribution in [1.29, 1.82) is 0 Å². The number of benzene rings is 1. The minimum absolute atomic E-state index is 0.0760. The van der Waals surface area contributed by atoms with Crippen molar-refractivity contribution in [1.82, 2.24) is 14.9 Å². The van der Waals surface area contributed by atoms with Crippen LogP contribution < -0.4 is 4.74 Å². The highest BCUT2D eigenvalue weighted by atomic mass is 19.1. The van der Waals surface area contributed by atoms with E-state index in [4.69, 9.17) is 4.74 Å². The van der Waals surface area contributed by atoms with E-state index in [0.717, 1.165) is 17.9 Å². The van der Waals surface area contributed by atoms with Crippen LogP contribution in [-0.2, 0) is 4.79 Å². The summed E-state index contributed by atoms with van der Waals surface area (Å²) in [5.74, 6) is 1.07. The maximum absolute atomic E-state index is 13.0. The highest BCUT2D eigenvalue weighted by Gasteiger charge is 2.29. The molecule has 1 amide bonds. The van der Waals surface area contributed by atoms with Crippen molar-refractivity contribution in [3.63, 3.8) is 0 Å². The summed E-state index contributed by atoms with van der Waals surface area (Å²) in [6.45, 7) is 3.21. The fourth-order valence-electron chi connectivity index (χ4n) is 2.64. The molecule has 5 nitrogen and oxygen atoms in total. The summed E-state index contributed by atoms with van der Waals surface area (Å²) in [5.41, 5.74) is 1.02. The zero-order valence-corrected chi connectivity index (χ0v) is 12.4. The van der Waals surface area contributed by atoms with Gasteiger partial charge in [-0.15, -0.1) is 0 Å². The summed E-state index contributed by atoms with van der Waals surface area (Å²) >= 11 is 0. The first-order chi connectivity index (χ1) is 10.6. The van der Waals surface area contributed by atoms with Crippen LogP contribution >= 0.6 is 0 Å². The normalized spacial score (nSPS) is 17.7. The lowest BCUT2D eigenvalue weighted by Gasteiger charge is -2.16. The van der Waals surface area contributed by atoms with E-state index in [9.17, 15) is 9.18 Å². The Kier molecular flexibility index (Phi) is 4.09. The molecule has 1 saturated heterocycles. The molecule has 22 heavy (non-hydrogen) atoms. The topological polar surface area (TPSA) is 58.2 Å². The van der Waals surface area contributed by atoms with Gasteiger partial charge in [-0.3, -0.25) is 4.79 Å². The van der Waals surface area contributed by atoms with Crippen LogP contribution in [0.2, 0.25) is 0 Å². The average molecular weight is 303 g/mol. The standard InChI is InChI=1S/C16H18FN3O2/c1-11-8-18-16(19-11)12-5-6-20(9-12)15(21)10-22-14-4-2-3-13(17)7-14/h2-4,7-8,12H,5-6,9-10H2,1H3,(H,18,19). The molecule has 2 aromatic rings. The number of aromatic nitrogens is 2. The lowest BCUT2D eigenvalue weighted by Crippen LogP contribution is -2.32. The number of aromatic amines is 1. The number of hydrogen-bond donors (Lipinski definition) is 1. The van der Waals surface area contributed by atoms with E-state index in [1.54, 1.807) is 23.2 Å². The molecule has 2 heterocycles. The van der Waals surface area contributed by atoms with Crippen molar-refractivity contribution in [3.8, 4) is 5.75 Å². The molecule has 0 aliphatic carbocycles. The van der Waals surface area contributed by atoms with Gasteiger partial charge in [0.15, 0.2) is 6.61 Å². The molecule has 0 spiro atoms. The fourth-order valence-corrected chi connectivity index (χ4v) is 2.64. The van der Waals surface area contributed by atoms with E-state index >= 15 is 0 Å². The molecular formula is C16H18FN3O2. The summed E-state index contributed by atoms with van der Waals surface area (Å²) in [4.78, 5) is 21.5.